The van der Waals surface area contributed by atoms with Gasteiger partial charge in [-0.05, 0) is 19.3 Å². The van der Waals surface area contributed by atoms with E-state index in [0.29, 0.717) is 34.8 Å². The molecule has 2 fully saturated rings. The number of rotatable bonds is 5. The first-order valence-electron chi connectivity index (χ1n) is 11.1. The van der Waals surface area contributed by atoms with Crippen LogP contribution in [0.15, 0.2) is 47.4 Å². The lowest BCUT2D eigenvalue weighted by molar-refractivity contribution is -0.0511. The van der Waals surface area contributed by atoms with Crippen molar-refractivity contribution in [1.82, 2.24) is 19.5 Å². The largest absolute Gasteiger partial charge is 0.394 e. The van der Waals surface area contributed by atoms with Gasteiger partial charge in [0.15, 0.2) is 23.2 Å². The van der Waals surface area contributed by atoms with Gasteiger partial charge in [0.05, 0.1) is 12.9 Å². The van der Waals surface area contributed by atoms with Crippen LogP contribution in [0.5, 0.6) is 0 Å². The van der Waals surface area contributed by atoms with Gasteiger partial charge < -0.3 is 30.7 Å². The fourth-order valence-electron chi connectivity index (χ4n) is 4.38. The Kier molecular flexibility index (Phi) is 4.98. The number of aromatic nitrogens is 4. The maximum Gasteiger partial charge on any atom is 0.232 e. The van der Waals surface area contributed by atoms with E-state index in [0.717, 1.165) is 24.8 Å². The predicted molar refractivity (Wildman–Crippen MR) is 121 cm³/mol. The maximum absolute atomic E-state index is 10.5. The van der Waals surface area contributed by atoms with Gasteiger partial charge in [-0.15, -0.1) is 0 Å². The van der Waals surface area contributed by atoms with Gasteiger partial charge in [0.2, 0.25) is 5.95 Å². The summed E-state index contributed by atoms with van der Waals surface area (Å²) in [6.07, 6.45) is 10.3. The number of aliphatic hydroxyl groups is 3. The molecule has 11 heteroatoms. The molecule has 172 valence electrons. The molecule has 5 unspecified atom stereocenters. The molecule has 1 saturated heterocycles. The molecular formula is C22H25N7O4. The third-order valence-corrected chi connectivity index (χ3v) is 6.36. The Bertz CT molecular complexity index is 1200. The summed E-state index contributed by atoms with van der Waals surface area (Å²) in [5, 5.41) is 36.8. The molecule has 4 heterocycles. The van der Waals surface area contributed by atoms with Gasteiger partial charge in [-0.25, -0.2) is 9.98 Å². The lowest BCUT2D eigenvalue weighted by atomic mass is 9.89. The number of anilines is 2. The quantitative estimate of drug-likeness (QED) is 0.446. The minimum absolute atomic E-state index is 0.257. The third kappa shape index (κ3) is 3.62. The van der Waals surface area contributed by atoms with Gasteiger partial charge in [-0.1, -0.05) is 24.3 Å². The van der Waals surface area contributed by atoms with Crippen molar-refractivity contribution in [2.45, 2.75) is 49.8 Å². The lowest BCUT2D eigenvalue weighted by Crippen LogP contribution is -2.33. The van der Waals surface area contributed by atoms with Crippen molar-refractivity contribution in [2.75, 3.05) is 17.2 Å². The van der Waals surface area contributed by atoms with Crippen LogP contribution in [0.25, 0.3) is 11.2 Å². The molecule has 2 aliphatic heterocycles. The molecule has 4 aliphatic rings. The fraction of sp³-hybridized carbons (Fsp3) is 0.455. The molecule has 2 aliphatic carbocycles. The Morgan fingerprint density at radius 3 is 2.85 bits per heavy atom. The topological polar surface area (TPSA) is 150 Å². The zero-order valence-corrected chi connectivity index (χ0v) is 17.7. The van der Waals surface area contributed by atoms with Crippen LogP contribution in [0.3, 0.4) is 0 Å². The Balaban J connectivity index is 1.39. The van der Waals surface area contributed by atoms with Gasteiger partial charge >= 0.3 is 0 Å². The molecule has 0 bridgehead atoms. The summed E-state index contributed by atoms with van der Waals surface area (Å²) < 4.78 is 7.27. The van der Waals surface area contributed by atoms with Crippen LogP contribution in [-0.2, 0) is 4.74 Å². The molecule has 2 aromatic heterocycles. The van der Waals surface area contributed by atoms with Crippen molar-refractivity contribution in [2.24, 2.45) is 10.9 Å². The van der Waals surface area contributed by atoms with E-state index < -0.39 is 31.1 Å². The molecule has 0 radical (unpaired) electrons. The molecule has 2 aromatic rings. The number of allylic oxidation sites excluding steroid dienone is 4. The van der Waals surface area contributed by atoms with Crippen LogP contribution >= 0.6 is 0 Å². The first-order chi connectivity index (χ1) is 16.1. The molecule has 0 spiro atoms. The number of hydrogen-bond acceptors (Lipinski definition) is 10. The molecule has 11 nitrogen and oxygen atoms in total. The van der Waals surface area contributed by atoms with E-state index in [1.807, 2.05) is 12.2 Å². The van der Waals surface area contributed by atoms with Crippen molar-refractivity contribution in [1.29, 1.82) is 0 Å². The first-order valence-corrected chi connectivity index (χ1v) is 11.1. The number of ether oxygens (including phenoxy) is 1. The summed E-state index contributed by atoms with van der Waals surface area (Å²) in [6, 6.07) is 0.334. The van der Waals surface area contributed by atoms with Gasteiger partial charge in [-0.3, -0.25) is 4.57 Å². The Morgan fingerprint density at radius 2 is 2.06 bits per heavy atom. The van der Waals surface area contributed by atoms with Crippen molar-refractivity contribution in [3.63, 3.8) is 0 Å². The molecule has 0 aromatic carbocycles. The number of aliphatic imine (C=N–C) groups is 1. The minimum Gasteiger partial charge on any atom is -0.394 e. The summed E-state index contributed by atoms with van der Waals surface area (Å²) in [5.74, 6) is 1.86. The van der Waals surface area contributed by atoms with Crippen LogP contribution in [0.1, 0.15) is 25.5 Å². The van der Waals surface area contributed by atoms with E-state index in [-0.39, 0.29) is 5.92 Å². The number of hydrogen-bond donors (Lipinski definition) is 5. The van der Waals surface area contributed by atoms with Gasteiger partial charge in [0.1, 0.15) is 24.1 Å². The van der Waals surface area contributed by atoms with Gasteiger partial charge in [-0.2, -0.15) is 9.97 Å². The van der Waals surface area contributed by atoms with Crippen molar-refractivity contribution in [3.05, 3.63) is 42.4 Å². The monoisotopic (exact) mass is 451 g/mol. The van der Waals surface area contributed by atoms with Crippen molar-refractivity contribution >= 4 is 28.8 Å². The Labute approximate surface area is 189 Å². The number of nitrogens with one attached hydrogen (secondary N) is 2. The fourth-order valence-corrected chi connectivity index (χ4v) is 4.38. The van der Waals surface area contributed by atoms with Gasteiger partial charge in [0.25, 0.3) is 0 Å². The number of imidazole rings is 1. The number of nitrogens with zero attached hydrogens (tertiary/aromatic N) is 5. The molecule has 5 atom stereocenters. The Morgan fingerprint density at radius 1 is 1.18 bits per heavy atom. The summed E-state index contributed by atoms with van der Waals surface area (Å²) in [5.41, 5.74) is 2.04. The Hall–Kier alpha value is -3.12. The van der Waals surface area contributed by atoms with Crippen LogP contribution in [0.2, 0.25) is 0 Å². The van der Waals surface area contributed by atoms with Gasteiger partial charge in [0, 0.05) is 23.7 Å². The predicted octanol–water partition coefficient (Wildman–Crippen LogP) is 0.852. The number of amidine groups is 1. The van der Waals surface area contributed by atoms with Crippen molar-refractivity contribution < 1.29 is 20.1 Å². The van der Waals surface area contributed by atoms with Crippen LogP contribution in [-0.4, -0.2) is 71.6 Å². The second-order valence-corrected chi connectivity index (χ2v) is 8.70. The van der Waals surface area contributed by atoms with Crippen LogP contribution in [0.4, 0.5) is 11.8 Å². The number of fused-ring (bicyclic) bond motifs is 2. The average molecular weight is 451 g/mol. The number of aliphatic hydroxyl groups excluding tert-OH is 3. The zero-order valence-electron chi connectivity index (χ0n) is 17.7. The highest BCUT2D eigenvalue weighted by molar-refractivity contribution is 6.09. The summed E-state index contributed by atoms with van der Waals surface area (Å²) in [6.45, 7) is -0.407. The lowest BCUT2D eigenvalue weighted by Gasteiger charge is -2.23. The summed E-state index contributed by atoms with van der Waals surface area (Å²) in [4.78, 5) is 18.3. The highest BCUT2D eigenvalue weighted by Gasteiger charge is 2.44. The molecule has 5 N–H and O–H groups in total. The molecule has 6 rings (SSSR count). The smallest absolute Gasteiger partial charge is 0.232 e. The molecular weight excluding hydrogens is 426 g/mol. The van der Waals surface area contributed by atoms with E-state index in [1.165, 1.54) is 6.33 Å². The minimum atomic E-state index is -1.24. The zero-order chi connectivity index (χ0) is 22.5. The van der Waals surface area contributed by atoms with E-state index in [2.05, 4.69) is 42.7 Å². The summed E-state index contributed by atoms with van der Waals surface area (Å²) in [7, 11) is 0. The van der Waals surface area contributed by atoms with E-state index >= 15 is 0 Å². The van der Waals surface area contributed by atoms with Crippen LogP contribution < -0.4 is 10.6 Å². The summed E-state index contributed by atoms with van der Waals surface area (Å²) >= 11 is 0. The molecule has 1 saturated carbocycles. The highest BCUT2D eigenvalue weighted by Crippen LogP contribution is 2.34. The molecule has 33 heavy (non-hydrogen) atoms. The van der Waals surface area contributed by atoms with E-state index in [4.69, 9.17) is 4.74 Å². The van der Waals surface area contributed by atoms with Crippen molar-refractivity contribution in [3.8, 4) is 0 Å². The molecule has 0 amide bonds. The second-order valence-electron chi connectivity index (χ2n) is 8.70. The highest BCUT2D eigenvalue weighted by atomic mass is 16.6. The normalized spacial score (nSPS) is 30.8. The van der Waals surface area contributed by atoms with Crippen LogP contribution in [0, 0.1) is 5.92 Å². The average Bonchev–Trinajstić information content (AvgIpc) is 3.48. The third-order valence-electron chi connectivity index (χ3n) is 6.36. The standard InChI is InChI=1S/C22H25N7O4/c30-9-14-16(31)17(32)21(33-14)29-10-24-15-19(25-12-5-6-12)27-22(28-20(15)29)26-18-13-4-2-1-3-11(13)7-8-23-18/h1-2,4,7-8,10-12,14,16-17,21,30-32H,3,5-6,9H2,(H2,23,25,26,27,28). The maximum atomic E-state index is 10.5. The first kappa shape index (κ1) is 20.5. The van der Waals surface area contributed by atoms with E-state index in [9.17, 15) is 15.3 Å². The van der Waals surface area contributed by atoms with E-state index in [1.54, 1.807) is 10.8 Å². The second kappa shape index (κ2) is 8.03. The SMILES string of the molecule is OCC1OC(n2cnc3c(NC4CC4)nc(NC4=NC=CC5CC=CC=C45)nc32)C(O)C1O.